The lowest BCUT2D eigenvalue weighted by Crippen LogP contribution is -2.32. The minimum absolute atomic E-state index is 0.115. The predicted molar refractivity (Wildman–Crippen MR) is 141 cm³/mol. The number of aromatic hydroxyl groups is 1. The number of benzene rings is 1. The second-order valence-corrected chi connectivity index (χ2v) is 10.9. The Bertz CT molecular complexity index is 1540. The maximum absolute atomic E-state index is 13.2. The lowest BCUT2D eigenvalue weighted by molar-refractivity contribution is -0.119. The maximum Gasteiger partial charge on any atom is 0.240 e. The van der Waals surface area contributed by atoms with Crippen LogP contribution in [0.5, 0.6) is 5.75 Å². The van der Waals surface area contributed by atoms with E-state index in [9.17, 15) is 9.90 Å². The summed E-state index contributed by atoms with van der Waals surface area (Å²) in [5.41, 5.74) is 8.58. The first-order valence-corrected chi connectivity index (χ1v) is 12.9. The van der Waals surface area contributed by atoms with E-state index in [1.165, 1.54) is 31.7 Å². The van der Waals surface area contributed by atoms with Crippen LogP contribution >= 0.6 is 11.6 Å². The highest BCUT2D eigenvalue weighted by Crippen LogP contribution is 2.46. The zero-order valence-corrected chi connectivity index (χ0v) is 21.5. The fourth-order valence-corrected chi connectivity index (χ4v) is 5.79. The van der Waals surface area contributed by atoms with Crippen molar-refractivity contribution in [3.8, 4) is 17.3 Å². The molecule has 0 bridgehead atoms. The van der Waals surface area contributed by atoms with Crippen molar-refractivity contribution in [2.24, 2.45) is 11.8 Å². The van der Waals surface area contributed by atoms with Gasteiger partial charge in [0.2, 0.25) is 5.91 Å². The van der Waals surface area contributed by atoms with E-state index in [4.69, 9.17) is 22.3 Å². The number of amides is 1. The highest BCUT2D eigenvalue weighted by Gasteiger charge is 2.48. The normalized spacial score (nSPS) is 23.3. The molecule has 37 heavy (non-hydrogen) atoms. The van der Waals surface area contributed by atoms with Gasteiger partial charge in [-0.15, -0.1) is 0 Å². The van der Waals surface area contributed by atoms with Crippen molar-refractivity contribution < 1.29 is 9.90 Å². The van der Waals surface area contributed by atoms with Crippen molar-refractivity contribution in [2.75, 3.05) is 11.1 Å². The Balaban J connectivity index is 1.41. The third-order valence-corrected chi connectivity index (χ3v) is 8.26. The molecule has 4 heterocycles. The Labute approximate surface area is 219 Å². The third-order valence-electron chi connectivity index (χ3n) is 7.94. The van der Waals surface area contributed by atoms with Gasteiger partial charge in [0.1, 0.15) is 28.5 Å². The second-order valence-electron chi connectivity index (χ2n) is 10.5. The number of nitrogens with zero attached hydrogens (tertiary/aromatic N) is 5. The number of halogens is 1. The Morgan fingerprint density at radius 3 is 2.76 bits per heavy atom. The van der Waals surface area contributed by atoms with Crippen LogP contribution in [0.25, 0.3) is 17.2 Å². The van der Waals surface area contributed by atoms with Crippen LogP contribution in [0.15, 0.2) is 36.8 Å². The van der Waals surface area contributed by atoms with Gasteiger partial charge < -0.3 is 20.6 Å². The molecule has 1 aromatic carbocycles. The number of anilines is 2. The van der Waals surface area contributed by atoms with Gasteiger partial charge in [0, 0.05) is 18.6 Å². The monoisotopic (exact) mass is 517 g/mol. The van der Waals surface area contributed by atoms with Crippen LogP contribution in [0.4, 0.5) is 11.6 Å². The van der Waals surface area contributed by atoms with E-state index < -0.39 is 5.41 Å². The number of fused-ring (bicyclic) bond motifs is 2. The summed E-state index contributed by atoms with van der Waals surface area (Å²) in [5.74, 6) is 1.76. The summed E-state index contributed by atoms with van der Waals surface area (Å²) >= 11 is 5.99. The number of carbonyl (C=O) groups excluding carboxylic acids is 1. The van der Waals surface area contributed by atoms with E-state index in [2.05, 4.69) is 27.2 Å². The molecular weight excluding hydrogens is 490 g/mol. The predicted octanol–water partition coefficient (Wildman–Crippen LogP) is 4.75. The highest BCUT2D eigenvalue weighted by atomic mass is 35.5. The molecule has 0 radical (unpaired) electrons. The summed E-state index contributed by atoms with van der Waals surface area (Å²) in [6, 6.07) is 4.71. The molecule has 4 aromatic rings. The molecule has 0 unspecified atom stereocenters. The number of hydrogen-bond donors (Lipinski definition) is 3. The number of phenols is 1. The number of nitrogen functional groups attached to an aromatic ring is 1. The molecule has 10 heteroatoms. The molecule has 0 saturated heterocycles. The third kappa shape index (κ3) is 3.89. The molecule has 2 aliphatic rings. The minimum atomic E-state index is -1.19. The number of carbonyl (C=O) groups is 1. The first kappa shape index (κ1) is 23.7. The molecule has 1 fully saturated rings. The van der Waals surface area contributed by atoms with Crippen LogP contribution in [0.3, 0.4) is 0 Å². The standard InChI is InChI=1S/C27H28ClN7O2/c1-14-3-5-15(6-4-14)11-18-25-30-9-10-35(25)13-19(31-18)23-32-22(29)21-24(33-23)34-26(37)27(21,2)16-7-8-17(28)20(36)12-16/h7-10,12-15,36H,3-6,11H2,1-2H3,(H3,29,32,33,34,37)/t14?,15?,27-/m1/s1. The maximum atomic E-state index is 13.2. The summed E-state index contributed by atoms with van der Waals surface area (Å²) in [6.07, 6.45) is 11.2. The average Bonchev–Trinajstić information content (AvgIpc) is 3.45. The van der Waals surface area contributed by atoms with E-state index in [1.54, 1.807) is 25.3 Å². The zero-order chi connectivity index (χ0) is 25.9. The average molecular weight is 518 g/mol. The SMILES string of the molecule is CC1CCC(Cc2nc(-c3nc(N)c4c(n3)NC(=O)[C@]4(C)c3ccc(Cl)c(O)c3)cn3ccnc23)CC1. The summed E-state index contributed by atoms with van der Waals surface area (Å²) < 4.78 is 1.94. The summed E-state index contributed by atoms with van der Waals surface area (Å²) in [5, 5.41) is 13.2. The molecule has 3 aromatic heterocycles. The van der Waals surface area contributed by atoms with Gasteiger partial charge in [-0.05, 0) is 55.7 Å². The van der Waals surface area contributed by atoms with E-state index >= 15 is 0 Å². The number of rotatable bonds is 4. The molecule has 1 saturated carbocycles. The van der Waals surface area contributed by atoms with Crippen LogP contribution < -0.4 is 11.1 Å². The Hall–Kier alpha value is -3.72. The molecule has 1 amide bonds. The van der Waals surface area contributed by atoms with Gasteiger partial charge in [0.05, 0.1) is 16.3 Å². The molecule has 9 nitrogen and oxygen atoms in total. The Morgan fingerprint density at radius 2 is 2.00 bits per heavy atom. The molecule has 1 aliphatic carbocycles. The lowest BCUT2D eigenvalue weighted by Gasteiger charge is -2.26. The fraction of sp³-hybridized carbons (Fsp3) is 0.370. The summed E-state index contributed by atoms with van der Waals surface area (Å²) in [7, 11) is 0. The molecular formula is C27H28ClN7O2. The van der Waals surface area contributed by atoms with Crippen molar-refractivity contribution in [3.05, 3.63) is 58.6 Å². The number of nitrogens with one attached hydrogen (secondary N) is 1. The number of nitrogens with two attached hydrogens (primary N) is 1. The van der Waals surface area contributed by atoms with Crippen LogP contribution in [0, 0.1) is 11.8 Å². The molecule has 0 spiro atoms. The van der Waals surface area contributed by atoms with Gasteiger partial charge in [0.15, 0.2) is 11.5 Å². The molecule has 4 N–H and O–H groups in total. The van der Waals surface area contributed by atoms with Crippen molar-refractivity contribution >= 4 is 34.8 Å². The highest BCUT2D eigenvalue weighted by molar-refractivity contribution is 6.32. The van der Waals surface area contributed by atoms with Gasteiger partial charge in [0.25, 0.3) is 0 Å². The number of phenolic OH excluding ortho intramolecular Hbond substituents is 1. The smallest absolute Gasteiger partial charge is 0.240 e. The van der Waals surface area contributed by atoms with Crippen LogP contribution in [-0.2, 0) is 16.6 Å². The van der Waals surface area contributed by atoms with Gasteiger partial charge >= 0.3 is 0 Å². The van der Waals surface area contributed by atoms with Crippen molar-refractivity contribution in [1.29, 1.82) is 0 Å². The second kappa shape index (κ2) is 8.69. The van der Waals surface area contributed by atoms with Crippen molar-refractivity contribution in [2.45, 2.75) is 51.4 Å². The van der Waals surface area contributed by atoms with Gasteiger partial charge in [-0.3, -0.25) is 4.79 Å². The minimum Gasteiger partial charge on any atom is -0.506 e. The largest absolute Gasteiger partial charge is 0.506 e. The van der Waals surface area contributed by atoms with E-state index in [1.807, 2.05) is 16.8 Å². The van der Waals surface area contributed by atoms with Crippen LogP contribution in [0.2, 0.25) is 5.02 Å². The first-order chi connectivity index (χ1) is 17.7. The Kier molecular flexibility index (Phi) is 5.56. The number of aromatic nitrogens is 5. The van der Waals surface area contributed by atoms with E-state index in [-0.39, 0.29) is 22.5 Å². The van der Waals surface area contributed by atoms with Gasteiger partial charge in [-0.25, -0.2) is 19.9 Å². The van der Waals surface area contributed by atoms with Crippen LogP contribution in [0.1, 0.15) is 56.4 Å². The van der Waals surface area contributed by atoms with Gasteiger partial charge in [-0.1, -0.05) is 37.4 Å². The molecule has 1 atom stereocenters. The van der Waals surface area contributed by atoms with E-state index in [0.717, 1.165) is 23.7 Å². The molecule has 190 valence electrons. The number of imidazole rings is 1. The van der Waals surface area contributed by atoms with Crippen molar-refractivity contribution in [1.82, 2.24) is 24.3 Å². The van der Waals surface area contributed by atoms with Crippen LogP contribution in [-0.4, -0.2) is 35.4 Å². The first-order valence-electron chi connectivity index (χ1n) is 12.6. The Morgan fingerprint density at radius 1 is 1.22 bits per heavy atom. The zero-order valence-electron chi connectivity index (χ0n) is 20.7. The fourth-order valence-electron chi connectivity index (χ4n) is 5.67. The van der Waals surface area contributed by atoms with E-state index in [0.29, 0.717) is 34.4 Å². The quantitative estimate of drug-likeness (QED) is 0.355. The van der Waals surface area contributed by atoms with Gasteiger partial charge in [-0.2, -0.15) is 0 Å². The lowest BCUT2D eigenvalue weighted by atomic mass is 9.77. The number of hydrogen-bond acceptors (Lipinski definition) is 7. The molecule has 6 rings (SSSR count). The topological polar surface area (TPSA) is 131 Å². The summed E-state index contributed by atoms with van der Waals surface area (Å²) in [4.78, 5) is 31.9. The molecule has 1 aliphatic heterocycles. The summed E-state index contributed by atoms with van der Waals surface area (Å²) in [6.45, 7) is 4.05. The van der Waals surface area contributed by atoms with Crippen molar-refractivity contribution in [3.63, 3.8) is 0 Å².